The van der Waals surface area contributed by atoms with E-state index in [1.54, 1.807) is 12.3 Å². The molecule has 0 saturated carbocycles. The highest BCUT2D eigenvalue weighted by Crippen LogP contribution is 2.34. The first kappa shape index (κ1) is 22.3. The van der Waals surface area contributed by atoms with Crippen LogP contribution in [0.25, 0.3) is 10.8 Å². The zero-order valence-corrected chi connectivity index (χ0v) is 20.4. The summed E-state index contributed by atoms with van der Waals surface area (Å²) in [5.74, 6) is 1.11. The van der Waals surface area contributed by atoms with Crippen LogP contribution in [0.4, 0.5) is 0 Å². The van der Waals surface area contributed by atoms with Gasteiger partial charge in [-0.2, -0.15) is 5.10 Å². The Balaban J connectivity index is 1.49. The summed E-state index contributed by atoms with van der Waals surface area (Å²) in [6, 6.07) is 22.0. The molecular weight excluding hydrogens is 535 g/mol. The molecule has 4 rings (SSSR count). The van der Waals surface area contributed by atoms with E-state index in [4.69, 9.17) is 9.47 Å². The summed E-state index contributed by atoms with van der Waals surface area (Å²) >= 11 is 3.60. The first-order valence-electron chi connectivity index (χ1n) is 10.1. The number of nitrogens with zero attached hydrogens (tertiary/aromatic N) is 1. The SMILES string of the molecule is CCOc1cc(/C=N\NC(=O)c2cccs2)cc(I)c1OCc1ccc2ccccc2c1. The molecule has 162 valence electrons. The Bertz CT molecular complexity index is 1260. The minimum Gasteiger partial charge on any atom is -0.490 e. The van der Waals surface area contributed by atoms with Crippen molar-refractivity contribution in [2.75, 3.05) is 6.61 Å². The highest BCUT2D eigenvalue weighted by Gasteiger charge is 2.13. The van der Waals surface area contributed by atoms with Crippen LogP contribution in [0, 0.1) is 3.57 Å². The number of hydrogen-bond donors (Lipinski definition) is 1. The molecular formula is C25H21IN2O3S. The van der Waals surface area contributed by atoms with Crippen molar-refractivity contribution in [1.82, 2.24) is 5.43 Å². The number of fused-ring (bicyclic) bond motifs is 1. The second kappa shape index (κ2) is 10.6. The van der Waals surface area contributed by atoms with Crippen LogP contribution in [0.2, 0.25) is 0 Å². The summed E-state index contributed by atoms with van der Waals surface area (Å²) in [7, 11) is 0. The van der Waals surface area contributed by atoms with Crippen molar-refractivity contribution >= 4 is 56.8 Å². The van der Waals surface area contributed by atoms with Crippen LogP contribution in [0.1, 0.15) is 27.7 Å². The number of hydrogen-bond acceptors (Lipinski definition) is 5. The van der Waals surface area contributed by atoms with Gasteiger partial charge in [0, 0.05) is 0 Å². The molecule has 1 aromatic heterocycles. The van der Waals surface area contributed by atoms with Crippen molar-refractivity contribution in [3.63, 3.8) is 0 Å². The summed E-state index contributed by atoms with van der Waals surface area (Å²) in [5.41, 5.74) is 4.44. The van der Waals surface area contributed by atoms with Crippen LogP contribution in [0.5, 0.6) is 11.5 Å². The van der Waals surface area contributed by atoms with Gasteiger partial charge in [-0.3, -0.25) is 4.79 Å². The molecule has 0 spiro atoms. The first-order valence-corrected chi connectivity index (χ1v) is 12.0. The molecule has 0 bridgehead atoms. The molecule has 0 atom stereocenters. The Kier molecular flexibility index (Phi) is 7.39. The van der Waals surface area contributed by atoms with Crippen molar-refractivity contribution in [3.8, 4) is 11.5 Å². The number of carbonyl (C=O) groups is 1. The van der Waals surface area contributed by atoms with E-state index in [1.807, 2.05) is 42.6 Å². The lowest BCUT2D eigenvalue weighted by Gasteiger charge is -2.15. The lowest BCUT2D eigenvalue weighted by atomic mass is 10.1. The molecule has 0 aliphatic heterocycles. The highest BCUT2D eigenvalue weighted by molar-refractivity contribution is 14.1. The van der Waals surface area contributed by atoms with Gasteiger partial charge < -0.3 is 9.47 Å². The predicted octanol–water partition coefficient (Wildman–Crippen LogP) is 6.25. The van der Waals surface area contributed by atoms with Crippen LogP contribution >= 0.6 is 33.9 Å². The quantitative estimate of drug-likeness (QED) is 0.159. The van der Waals surface area contributed by atoms with Gasteiger partial charge in [-0.1, -0.05) is 42.5 Å². The molecule has 0 saturated heterocycles. The number of nitrogens with one attached hydrogen (secondary N) is 1. The van der Waals surface area contributed by atoms with Crippen molar-refractivity contribution < 1.29 is 14.3 Å². The normalized spacial score (nSPS) is 11.1. The second-order valence-electron chi connectivity index (χ2n) is 6.91. The molecule has 0 fully saturated rings. The fraction of sp³-hybridized carbons (Fsp3) is 0.120. The van der Waals surface area contributed by atoms with Crippen LogP contribution < -0.4 is 14.9 Å². The molecule has 0 aliphatic carbocycles. The number of benzene rings is 3. The average Bonchev–Trinajstić information content (AvgIpc) is 3.34. The minimum atomic E-state index is -0.230. The zero-order valence-electron chi connectivity index (χ0n) is 17.4. The number of halogens is 1. The Morgan fingerprint density at radius 1 is 1.06 bits per heavy atom. The molecule has 0 aliphatic rings. The number of rotatable bonds is 8. The maximum atomic E-state index is 12.0. The first-order chi connectivity index (χ1) is 15.6. The third-order valence-electron chi connectivity index (χ3n) is 4.65. The second-order valence-corrected chi connectivity index (χ2v) is 9.02. The summed E-state index contributed by atoms with van der Waals surface area (Å²) < 4.78 is 12.9. The van der Waals surface area contributed by atoms with Crippen molar-refractivity contribution in [2.45, 2.75) is 13.5 Å². The highest BCUT2D eigenvalue weighted by atomic mass is 127. The largest absolute Gasteiger partial charge is 0.490 e. The Labute approximate surface area is 204 Å². The fourth-order valence-electron chi connectivity index (χ4n) is 3.18. The van der Waals surface area contributed by atoms with Gasteiger partial charge in [0.05, 0.1) is 21.3 Å². The topological polar surface area (TPSA) is 59.9 Å². The zero-order chi connectivity index (χ0) is 22.3. The average molecular weight is 556 g/mol. The summed E-state index contributed by atoms with van der Waals surface area (Å²) in [6.45, 7) is 2.88. The molecule has 0 unspecified atom stereocenters. The summed E-state index contributed by atoms with van der Waals surface area (Å²) in [6.07, 6.45) is 1.60. The molecule has 7 heteroatoms. The minimum absolute atomic E-state index is 0.230. The lowest BCUT2D eigenvalue weighted by Crippen LogP contribution is -2.16. The molecule has 4 aromatic rings. The van der Waals surface area contributed by atoms with Crippen molar-refractivity contribution in [3.05, 3.63) is 91.7 Å². The number of amides is 1. The summed E-state index contributed by atoms with van der Waals surface area (Å²) in [5, 5.41) is 8.32. The maximum Gasteiger partial charge on any atom is 0.281 e. The number of hydrazone groups is 1. The maximum absolute atomic E-state index is 12.0. The molecule has 3 aromatic carbocycles. The van der Waals surface area contributed by atoms with E-state index in [-0.39, 0.29) is 5.91 Å². The van der Waals surface area contributed by atoms with Gasteiger partial charge in [-0.25, -0.2) is 5.43 Å². The van der Waals surface area contributed by atoms with Crippen molar-refractivity contribution in [1.29, 1.82) is 0 Å². The monoisotopic (exact) mass is 556 g/mol. The van der Waals surface area contributed by atoms with Gasteiger partial charge in [-0.05, 0) is 81.1 Å². The molecule has 1 amide bonds. The molecule has 1 N–H and O–H groups in total. The van der Waals surface area contributed by atoms with Gasteiger partial charge in [-0.15, -0.1) is 11.3 Å². The van der Waals surface area contributed by atoms with Crippen LogP contribution in [0.3, 0.4) is 0 Å². The van der Waals surface area contributed by atoms with E-state index in [2.05, 4.69) is 63.4 Å². The van der Waals surface area contributed by atoms with Crippen LogP contribution in [0.15, 0.2) is 77.2 Å². The Morgan fingerprint density at radius 3 is 2.69 bits per heavy atom. The van der Waals surface area contributed by atoms with E-state index in [0.717, 1.165) is 14.7 Å². The van der Waals surface area contributed by atoms with Gasteiger partial charge >= 0.3 is 0 Å². The Morgan fingerprint density at radius 2 is 1.91 bits per heavy atom. The van der Waals surface area contributed by atoms with Gasteiger partial charge in [0.15, 0.2) is 11.5 Å². The van der Waals surface area contributed by atoms with E-state index < -0.39 is 0 Å². The van der Waals surface area contributed by atoms with E-state index in [9.17, 15) is 4.79 Å². The smallest absolute Gasteiger partial charge is 0.281 e. The van der Waals surface area contributed by atoms with Gasteiger partial charge in [0.1, 0.15) is 6.61 Å². The third-order valence-corrected chi connectivity index (χ3v) is 6.32. The standard InChI is InChI=1S/C25H21IN2O3S/c1-2-30-22-14-18(15-27-28-25(29)23-8-5-11-32-23)13-21(26)24(22)31-16-17-9-10-19-6-3-4-7-20(19)12-17/h3-15H,2,16H2,1H3,(H,28,29)/b27-15-. The molecule has 0 radical (unpaired) electrons. The summed E-state index contributed by atoms with van der Waals surface area (Å²) in [4.78, 5) is 12.6. The Hall–Kier alpha value is -2.91. The van der Waals surface area contributed by atoms with E-state index in [0.29, 0.717) is 29.6 Å². The fourth-order valence-corrected chi connectivity index (χ4v) is 4.57. The molecule has 32 heavy (non-hydrogen) atoms. The van der Waals surface area contributed by atoms with E-state index in [1.165, 1.54) is 22.1 Å². The molecule has 5 nitrogen and oxygen atoms in total. The number of carbonyl (C=O) groups excluding carboxylic acids is 1. The van der Waals surface area contributed by atoms with E-state index >= 15 is 0 Å². The van der Waals surface area contributed by atoms with Crippen molar-refractivity contribution in [2.24, 2.45) is 5.10 Å². The molecule has 1 heterocycles. The van der Waals surface area contributed by atoms with Crippen LogP contribution in [-0.2, 0) is 6.61 Å². The van der Waals surface area contributed by atoms with Crippen LogP contribution in [-0.4, -0.2) is 18.7 Å². The number of ether oxygens (including phenoxy) is 2. The third kappa shape index (κ3) is 5.46. The lowest BCUT2D eigenvalue weighted by molar-refractivity contribution is 0.0959. The van der Waals surface area contributed by atoms with Gasteiger partial charge in [0.25, 0.3) is 5.91 Å². The predicted molar refractivity (Wildman–Crippen MR) is 138 cm³/mol. The number of thiophene rings is 1. The van der Waals surface area contributed by atoms with Gasteiger partial charge in [0.2, 0.25) is 0 Å².